The molecule has 0 N–H and O–H groups in total. The number of aromatic nitrogens is 2. The van der Waals surface area contributed by atoms with Gasteiger partial charge in [-0.3, -0.25) is 4.79 Å². The van der Waals surface area contributed by atoms with Crippen LogP contribution in [-0.2, 0) is 13.1 Å². The van der Waals surface area contributed by atoms with Crippen LogP contribution in [0.3, 0.4) is 0 Å². The molecule has 0 spiro atoms. The lowest BCUT2D eigenvalue weighted by atomic mass is 10.1. The monoisotopic (exact) mass is 327 g/mol. The average Bonchev–Trinajstić information content (AvgIpc) is 3.08. The lowest BCUT2D eigenvalue weighted by Gasteiger charge is -2.28. The molecule has 6 nitrogen and oxygen atoms in total. The Morgan fingerprint density at radius 1 is 1.33 bits per heavy atom. The predicted octanol–water partition coefficient (Wildman–Crippen LogP) is 2.50. The summed E-state index contributed by atoms with van der Waals surface area (Å²) < 4.78 is 13.3. The van der Waals surface area contributed by atoms with Crippen LogP contribution in [0, 0.1) is 0 Å². The van der Waals surface area contributed by atoms with Crippen molar-refractivity contribution in [1.82, 2.24) is 14.5 Å². The van der Waals surface area contributed by atoms with Gasteiger partial charge in [-0.1, -0.05) is 12.7 Å². The summed E-state index contributed by atoms with van der Waals surface area (Å²) in [5.41, 5.74) is 1.64. The Labute approximate surface area is 141 Å². The van der Waals surface area contributed by atoms with Crippen molar-refractivity contribution in [3.05, 3.63) is 54.6 Å². The normalized spacial score (nSPS) is 13.3. The van der Waals surface area contributed by atoms with Gasteiger partial charge in [0.15, 0.2) is 11.5 Å². The molecule has 6 heteroatoms. The van der Waals surface area contributed by atoms with E-state index in [1.165, 1.54) is 0 Å². The van der Waals surface area contributed by atoms with E-state index < -0.39 is 0 Å². The van der Waals surface area contributed by atoms with Crippen LogP contribution in [0.15, 0.2) is 43.4 Å². The number of benzene rings is 1. The number of rotatable bonds is 6. The summed E-state index contributed by atoms with van der Waals surface area (Å²) in [4.78, 5) is 18.8. The number of carbonyl (C=O) groups is 1. The third-order valence-electron chi connectivity index (χ3n) is 3.90. The van der Waals surface area contributed by atoms with Gasteiger partial charge in [0.25, 0.3) is 5.91 Å². The minimum Gasteiger partial charge on any atom is -0.490 e. The molecular weight excluding hydrogens is 306 g/mol. The molecule has 1 aromatic heterocycles. The van der Waals surface area contributed by atoms with E-state index in [2.05, 4.69) is 16.1 Å². The molecule has 1 amide bonds. The van der Waals surface area contributed by atoms with Crippen molar-refractivity contribution in [1.29, 1.82) is 0 Å². The number of hydrogen-bond acceptors (Lipinski definition) is 4. The highest BCUT2D eigenvalue weighted by Gasteiger charge is 2.22. The Morgan fingerprint density at radius 2 is 2.21 bits per heavy atom. The number of nitrogens with zero attached hydrogens (tertiary/aromatic N) is 3. The Morgan fingerprint density at radius 3 is 3.00 bits per heavy atom. The van der Waals surface area contributed by atoms with Crippen molar-refractivity contribution in [2.75, 3.05) is 19.8 Å². The SMILES string of the molecule is C=CCOc1ccc(C(=O)N2CCn3cncc3C2)cc1OCC. The van der Waals surface area contributed by atoms with E-state index in [9.17, 15) is 4.79 Å². The maximum atomic E-state index is 12.8. The molecule has 0 aliphatic carbocycles. The van der Waals surface area contributed by atoms with Gasteiger partial charge >= 0.3 is 0 Å². The molecule has 0 fully saturated rings. The summed E-state index contributed by atoms with van der Waals surface area (Å²) in [7, 11) is 0. The quantitative estimate of drug-likeness (QED) is 0.765. The minimum atomic E-state index is -0.0151. The highest BCUT2D eigenvalue weighted by atomic mass is 16.5. The van der Waals surface area contributed by atoms with Gasteiger partial charge in [-0.25, -0.2) is 4.98 Å². The molecule has 0 radical (unpaired) electrons. The van der Waals surface area contributed by atoms with E-state index >= 15 is 0 Å². The molecule has 0 atom stereocenters. The highest BCUT2D eigenvalue weighted by molar-refractivity contribution is 5.95. The van der Waals surface area contributed by atoms with Gasteiger partial charge in [0.05, 0.1) is 25.2 Å². The van der Waals surface area contributed by atoms with E-state index in [0.717, 1.165) is 12.2 Å². The molecule has 3 rings (SSSR count). The van der Waals surface area contributed by atoms with Crippen molar-refractivity contribution >= 4 is 5.91 Å². The number of ether oxygens (including phenoxy) is 2. The van der Waals surface area contributed by atoms with Crippen LogP contribution < -0.4 is 9.47 Å². The number of hydrogen-bond donors (Lipinski definition) is 0. The van der Waals surface area contributed by atoms with Crippen LogP contribution in [0.5, 0.6) is 11.5 Å². The summed E-state index contributed by atoms with van der Waals surface area (Å²) in [5, 5.41) is 0. The molecule has 0 saturated carbocycles. The molecule has 2 aromatic rings. The van der Waals surface area contributed by atoms with Gasteiger partial charge in [0.2, 0.25) is 0 Å². The zero-order valence-corrected chi connectivity index (χ0v) is 13.8. The molecule has 1 aliphatic rings. The summed E-state index contributed by atoms with van der Waals surface area (Å²) in [6.45, 7) is 8.43. The van der Waals surface area contributed by atoms with Crippen LogP contribution in [0.4, 0.5) is 0 Å². The topological polar surface area (TPSA) is 56.6 Å². The maximum absolute atomic E-state index is 12.8. The smallest absolute Gasteiger partial charge is 0.254 e. The molecule has 126 valence electrons. The lowest BCUT2D eigenvalue weighted by Crippen LogP contribution is -2.37. The molecule has 24 heavy (non-hydrogen) atoms. The molecule has 1 aliphatic heterocycles. The summed E-state index contributed by atoms with van der Waals surface area (Å²) in [5.74, 6) is 1.18. The van der Waals surface area contributed by atoms with Crippen LogP contribution in [0.25, 0.3) is 0 Å². The number of imidazole rings is 1. The first-order valence-electron chi connectivity index (χ1n) is 8.01. The standard InChI is InChI=1S/C18H21N3O3/c1-3-9-24-16-6-5-14(10-17(16)23-4-2)18(22)20-7-8-21-13-19-11-15(21)12-20/h3,5-6,10-11,13H,1,4,7-9,12H2,2H3. The largest absolute Gasteiger partial charge is 0.490 e. The van der Waals surface area contributed by atoms with Crippen molar-refractivity contribution in [2.24, 2.45) is 0 Å². The maximum Gasteiger partial charge on any atom is 0.254 e. The third-order valence-corrected chi connectivity index (χ3v) is 3.90. The van der Waals surface area contributed by atoms with Gasteiger partial charge in [-0.15, -0.1) is 0 Å². The van der Waals surface area contributed by atoms with Crippen molar-refractivity contribution in [2.45, 2.75) is 20.0 Å². The van der Waals surface area contributed by atoms with Gasteiger partial charge in [0.1, 0.15) is 6.61 Å². The van der Waals surface area contributed by atoms with Crippen LogP contribution in [0.2, 0.25) is 0 Å². The van der Waals surface area contributed by atoms with Crippen molar-refractivity contribution in [3.8, 4) is 11.5 Å². The molecule has 0 bridgehead atoms. The van der Waals surface area contributed by atoms with E-state index in [-0.39, 0.29) is 5.91 Å². The predicted molar refractivity (Wildman–Crippen MR) is 90.3 cm³/mol. The zero-order chi connectivity index (χ0) is 16.9. The Kier molecular flexibility index (Phi) is 4.84. The average molecular weight is 327 g/mol. The molecule has 0 saturated heterocycles. The first-order valence-corrected chi connectivity index (χ1v) is 8.01. The van der Waals surface area contributed by atoms with E-state index in [4.69, 9.17) is 9.47 Å². The number of fused-ring (bicyclic) bond motifs is 1. The Hall–Kier alpha value is -2.76. The third kappa shape index (κ3) is 3.27. The number of amides is 1. The fraction of sp³-hybridized carbons (Fsp3) is 0.333. The minimum absolute atomic E-state index is 0.0151. The summed E-state index contributed by atoms with van der Waals surface area (Å²) in [6.07, 6.45) is 5.28. The van der Waals surface area contributed by atoms with Crippen molar-refractivity contribution < 1.29 is 14.3 Å². The van der Waals surface area contributed by atoms with E-state index in [1.54, 1.807) is 36.8 Å². The van der Waals surface area contributed by atoms with Gasteiger partial charge < -0.3 is 18.9 Å². The lowest BCUT2D eigenvalue weighted by molar-refractivity contribution is 0.0710. The van der Waals surface area contributed by atoms with E-state index in [1.807, 2.05) is 11.8 Å². The molecule has 2 heterocycles. The van der Waals surface area contributed by atoms with Crippen LogP contribution in [-0.4, -0.2) is 40.1 Å². The highest BCUT2D eigenvalue weighted by Crippen LogP contribution is 2.29. The van der Waals surface area contributed by atoms with Crippen LogP contribution >= 0.6 is 0 Å². The second-order valence-corrected chi connectivity index (χ2v) is 5.50. The van der Waals surface area contributed by atoms with E-state index in [0.29, 0.717) is 43.4 Å². The molecule has 1 aromatic carbocycles. The summed E-state index contributed by atoms with van der Waals surface area (Å²) in [6, 6.07) is 5.29. The second-order valence-electron chi connectivity index (χ2n) is 5.50. The summed E-state index contributed by atoms with van der Waals surface area (Å²) >= 11 is 0. The second kappa shape index (κ2) is 7.21. The number of carbonyl (C=O) groups excluding carboxylic acids is 1. The molecule has 0 unspecified atom stereocenters. The first-order chi connectivity index (χ1) is 11.7. The van der Waals surface area contributed by atoms with Crippen molar-refractivity contribution in [3.63, 3.8) is 0 Å². The first kappa shape index (κ1) is 16.1. The van der Waals surface area contributed by atoms with Gasteiger partial charge in [-0.05, 0) is 25.1 Å². The fourth-order valence-electron chi connectivity index (χ4n) is 2.72. The molecular formula is C18H21N3O3. The fourth-order valence-corrected chi connectivity index (χ4v) is 2.72. The Balaban J connectivity index is 1.79. The zero-order valence-electron chi connectivity index (χ0n) is 13.8. The van der Waals surface area contributed by atoms with Gasteiger partial charge in [0, 0.05) is 24.8 Å². The van der Waals surface area contributed by atoms with Gasteiger partial charge in [-0.2, -0.15) is 0 Å². The van der Waals surface area contributed by atoms with Crippen LogP contribution in [0.1, 0.15) is 23.0 Å². The Bertz CT molecular complexity index is 739.